The molecule has 4 rings (SSSR count). The van der Waals surface area contributed by atoms with Gasteiger partial charge in [0.1, 0.15) is 18.0 Å². The van der Waals surface area contributed by atoms with E-state index in [9.17, 15) is 23.1 Å². The van der Waals surface area contributed by atoms with Gasteiger partial charge in [-0.1, -0.05) is 36.4 Å². The lowest BCUT2D eigenvalue weighted by atomic mass is 9.98. The average Bonchev–Trinajstić information content (AvgIpc) is 3.14. The van der Waals surface area contributed by atoms with Crippen LogP contribution in [0.1, 0.15) is 30.4 Å². The summed E-state index contributed by atoms with van der Waals surface area (Å²) < 4.78 is 50.7. The zero-order valence-electron chi connectivity index (χ0n) is 19.6. The van der Waals surface area contributed by atoms with E-state index in [1.165, 1.54) is 12.1 Å². The number of rotatable bonds is 7. The van der Waals surface area contributed by atoms with Crippen molar-refractivity contribution in [3.05, 3.63) is 65.7 Å². The van der Waals surface area contributed by atoms with Crippen molar-refractivity contribution >= 4 is 5.91 Å². The van der Waals surface area contributed by atoms with Gasteiger partial charge in [-0.05, 0) is 43.7 Å². The normalized spacial score (nSPS) is 25.5. The summed E-state index contributed by atoms with van der Waals surface area (Å²) in [5.41, 5.74) is 0.226. The maximum atomic E-state index is 13.1. The monoisotopic (exact) mass is 492 g/mol. The lowest BCUT2D eigenvalue weighted by molar-refractivity contribution is -0.137. The van der Waals surface area contributed by atoms with Crippen molar-refractivity contribution in [3.63, 3.8) is 0 Å². The molecule has 1 amide bonds. The summed E-state index contributed by atoms with van der Waals surface area (Å²) in [6.45, 7) is 1.59. The van der Waals surface area contributed by atoms with Gasteiger partial charge in [-0.15, -0.1) is 0 Å². The maximum absolute atomic E-state index is 13.1. The third-order valence-corrected chi connectivity index (χ3v) is 6.78. The number of nitrogens with one attached hydrogen (secondary N) is 1. The highest BCUT2D eigenvalue weighted by Gasteiger charge is 2.47. The molecule has 0 bridgehead atoms. The number of ether oxygens (including phenoxy) is 2. The van der Waals surface area contributed by atoms with Crippen LogP contribution in [0.4, 0.5) is 13.2 Å². The largest absolute Gasteiger partial charge is 0.488 e. The van der Waals surface area contributed by atoms with Gasteiger partial charge in [-0.2, -0.15) is 13.2 Å². The molecule has 1 saturated heterocycles. The van der Waals surface area contributed by atoms with Crippen molar-refractivity contribution in [2.45, 2.75) is 56.3 Å². The fourth-order valence-electron chi connectivity index (χ4n) is 4.97. The Morgan fingerprint density at radius 1 is 1.14 bits per heavy atom. The minimum Gasteiger partial charge on any atom is -0.488 e. The van der Waals surface area contributed by atoms with Crippen LogP contribution in [0.3, 0.4) is 0 Å². The number of carbonyl (C=O) groups is 1. The lowest BCUT2D eigenvalue weighted by Gasteiger charge is -2.33. The first-order chi connectivity index (χ1) is 16.7. The zero-order valence-corrected chi connectivity index (χ0v) is 19.6. The van der Waals surface area contributed by atoms with Crippen LogP contribution in [0, 0.1) is 5.92 Å². The van der Waals surface area contributed by atoms with E-state index in [-0.39, 0.29) is 24.0 Å². The van der Waals surface area contributed by atoms with Crippen molar-refractivity contribution in [3.8, 4) is 5.75 Å². The Labute approximate surface area is 203 Å². The van der Waals surface area contributed by atoms with E-state index in [4.69, 9.17) is 9.47 Å². The zero-order chi connectivity index (χ0) is 25.0. The van der Waals surface area contributed by atoms with Gasteiger partial charge in [0.2, 0.25) is 5.91 Å². The standard InChI is InChI=1S/C26H31F3N2O4/c1-31(16-17-6-3-2-4-7-17)23-21(30-25(33)18-10-12-34-13-11-18)15-22(24(23)32)35-20-9-5-8-19(14-20)26(27,28)29/h2-9,14,18,21-24,32H,10-13,15-16H2,1H3,(H,30,33)/t21-,22-,23+,24+/m1/s1. The number of hydrogen-bond acceptors (Lipinski definition) is 5. The number of benzene rings is 2. The smallest absolute Gasteiger partial charge is 0.416 e. The number of aliphatic hydroxyl groups is 1. The topological polar surface area (TPSA) is 71.0 Å². The first kappa shape index (κ1) is 25.5. The van der Waals surface area contributed by atoms with Gasteiger partial charge < -0.3 is 19.9 Å². The molecule has 1 saturated carbocycles. The molecular formula is C26H31F3N2O4. The summed E-state index contributed by atoms with van der Waals surface area (Å²) in [5.74, 6) is -0.225. The van der Waals surface area contributed by atoms with E-state index in [0.29, 0.717) is 32.6 Å². The van der Waals surface area contributed by atoms with Crippen molar-refractivity contribution in [2.75, 3.05) is 20.3 Å². The van der Waals surface area contributed by atoms with Crippen molar-refractivity contribution < 1.29 is 32.5 Å². The van der Waals surface area contributed by atoms with Crippen LogP contribution in [-0.2, 0) is 22.3 Å². The summed E-state index contributed by atoms with van der Waals surface area (Å²) >= 11 is 0. The maximum Gasteiger partial charge on any atom is 0.416 e. The molecule has 0 aromatic heterocycles. The van der Waals surface area contributed by atoms with Gasteiger partial charge in [0.05, 0.1) is 17.6 Å². The Hall–Kier alpha value is -2.62. The Kier molecular flexibility index (Phi) is 7.98. The fourth-order valence-corrected chi connectivity index (χ4v) is 4.97. The van der Waals surface area contributed by atoms with Crippen LogP contribution in [0.5, 0.6) is 5.75 Å². The minimum absolute atomic E-state index is 0.0322. The van der Waals surface area contributed by atoms with Gasteiger partial charge in [0.15, 0.2) is 0 Å². The summed E-state index contributed by atoms with van der Waals surface area (Å²) in [7, 11) is 1.86. The number of alkyl halides is 3. The Morgan fingerprint density at radius 2 is 1.86 bits per heavy atom. The molecule has 35 heavy (non-hydrogen) atoms. The molecule has 2 fully saturated rings. The van der Waals surface area contributed by atoms with E-state index in [2.05, 4.69) is 5.32 Å². The van der Waals surface area contributed by atoms with Gasteiger partial charge in [0, 0.05) is 32.1 Å². The molecule has 0 radical (unpaired) electrons. The van der Waals surface area contributed by atoms with Gasteiger partial charge in [-0.3, -0.25) is 9.69 Å². The molecule has 0 spiro atoms. The molecule has 190 valence electrons. The molecule has 2 aliphatic rings. The fraction of sp³-hybridized carbons (Fsp3) is 0.500. The highest BCUT2D eigenvalue weighted by molar-refractivity contribution is 5.79. The van der Waals surface area contributed by atoms with Crippen molar-refractivity contribution in [2.24, 2.45) is 5.92 Å². The first-order valence-corrected chi connectivity index (χ1v) is 11.9. The predicted molar refractivity (Wildman–Crippen MR) is 124 cm³/mol. The Balaban J connectivity index is 1.52. The number of hydrogen-bond donors (Lipinski definition) is 2. The lowest BCUT2D eigenvalue weighted by Crippen LogP contribution is -2.53. The second kappa shape index (κ2) is 11.0. The van der Waals surface area contributed by atoms with Crippen LogP contribution in [0.15, 0.2) is 54.6 Å². The summed E-state index contributed by atoms with van der Waals surface area (Å²) in [6, 6.07) is 13.5. The Bertz CT molecular complexity index is 982. The number of nitrogens with zero attached hydrogens (tertiary/aromatic N) is 1. The summed E-state index contributed by atoms with van der Waals surface area (Å²) in [4.78, 5) is 14.9. The molecule has 2 N–H and O–H groups in total. The van der Waals surface area contributed by atoms with Gasteiger partial charge >= 0.3 is 6.18 Å². The molecule has 2 aromatic carbocycles. The van der Waals surface area contributed by atoms with Gasteiger partial charge in [-0.25, -0.2) is 0 Å². The number of carbonyl (C=O) groups excluding carboxylic acids is 1. The quantitative estimate of drug-likeness (QED) is 0.618. The van der Waals surface area contributed by atoms with Crippen LogP contribution < -0.4 is 10.1 Å². The second-order valence-corrected chi connectivity index (χ2v) is 9.30. The number of halogens is 3. The highest BCUT2D eigenvalue weighted by atomic mass is 19.4. The van der Waals surface area contributed by atoms with E-state index >= 15 is 0 Å². The molecule has 4 atom stereocenters. The molecule has 1 aliphatic heterocycles. The van der Waals surface area contributed by atoms with E-state index in [0.717, 1.165) is 17.7 Å². The molecular weight excluding hydrogens is 461 g/mol. The first-order valence-electron chi connectivity index (χ1n) is 11.9. The van der Waals surface area contributed by atoms with E-state index in [1.807, 2.05) is 42.3 Å². The number of amides is 1. The third-order valence-electron chi connectivity index (χ3n) is 6.78. The predicted octanol–water partition coefficient (Wildman–Crippen LogP) is 3.63. The molecule has 6 nitrogen and oxygen atoms in total. The molecule has 1 heterocycles. The number of aliphatic hydroxyl groups excluding tert-OH is 1. The van der Waals surface area contributed by atoms with Crippen LogP contribution >= 0.6 is 0 Å². The summed E-state index contributed by atoms with van der Waals surface area (Å²) in [5, 5.41) is 14.3. The van der Waals surface area contributed by atoms with Crippen molar-refractivity contribution in [1.29, 1.82) is 0 Å². The Morgan fingerprint density at radius 3 is 2.54 bits per heavy atom. The SMILES string of the molecule is CN(Cc1ccccc1)[C@@H]1[C@@H](O)[C@H](Oc2cccc(C(F)(F)F)c2)C[C@H]1NC(=O)C1CCOCC1. The second-order valence-electron chi connectivity index (χ2n) is 9.30. The molecule has 9 heteroatoms. The van der Waals surface area contributed by atoms with E-state index < -0.39 is 36.0 Å². The van der Waals surface area contributed by atoms with Crippen molar-refractivity contribution in [1.82, 2.24) is 10.2 Å². The third kappa shape index (κ3) is 6.34. The molecule has 2 aromatic rings. The van der Waals surface area contributed by atoms with Crippen LogP contribution in [0.25, 0.3) is 0 Å². The summed E-state index contributed by atoms with van der Waals surface area (Å²) in [6.07, 6.45) is -4.74. The molecule has 0 unspecified atom stereocenters. The minimum atomic E-state index is -4.49. The van der Waals surface area contributed by atoms with E-state index in [1.54, 1.807) is 0 Å². The van der Waals surface area contributed by atoms with Crippen LogP contribution in [0.2, 0.25) is 0 Å². The van der Waals surface area contributed by atoms with Gasteiger partial charge in [0.25, 0.3) is 0 Å². The molecule has 1 aliphatic carbocycles. The average molecular weight is 493 g/mol. The van der Waals surface area contributed by atoms with Crippen LogP contribution in [-0.4, -0.2) is 60.5 Å². The highest BCUT2D eigenvalue weighted by Crippen LogP contribution is 2.34. The number of likely N-dealkylation sites (N-methyl/N-ethyl adjacent to an activating group) is 1.